The second-order valence-electron chi connectivity index (χ2n) is 8.48. The number of hydrogen-bond acceptors (Lipinski definition) is 8. The van der Waals surface area contributed by atoms with Gasteiger partial charge in [-0.25, -0.2) is 15.0 Å². The first-order chi connectivity index (χ1) is 17.8. The van der Waals surface area contributed by atoms with Gasteiger partial charge in [-0.15, -0.1) is 0 Å². The second kappa shape index (κ2) is 10.2. The van der Waals surface area contributed by atoms with Crippen LogP contribution in [0.1, 0.15) is 28.2 Å². The summed E-state index contributed by atoms with van der Waals surface area (Å²) in [6.07, 6.45) is 1.43. The molecule has 5 aromatic rings. The smallest absolute Gasteiger partial charge is 0.189 e. The fraction of sp³-hybridized carbons (Fsp3) is 0.111. The Morgan fingerprint density at radius 2 is 1.70 bits per heavy atom. The van der Waals surface area contributed by atoms with E-state index in [9.17, 15) is 5.26 Å². The van der Waals surface area contributed by atoms with Gasteiger partial charge in [-0.3, -0.25) is 0 Å². The zero-order chi connectivity index (χ0) is 26.1. The first-order valence-electron chi connectivity index (χ1n) is 11.3. The first-order valence-corrected chi connectivity index (χ1v) is 12.9. The monoisotopic (exact) mass is 545 g/mol. The van der Waals surface area contributed by atoms with E-state index in [1.807, 2.05) is 50.2 Å². The second-order valence-corrected chi connectivity index (χ2v) is 10.4. The summed E-state index contributed by atoms with van der Waals surface area (Å²) in [5, 5.41) is 18.1. The van der Waals surface area contributed by atoms with Gasteiger partial charge in [-0.1, -0.05) is 64.9 Å². The summed E-state index contributed by atoms with van der Waals surface area (Å²) in [6.45, 7) is 3.96. The van der Waals surface area contributed by atoms with Gasteiger partial charge in [0.1, 0.15) is 12.0 Å². The topological polar surface area (TPSA) is 113 Å². The Morgan fingerprint density at radius 3 is 2.41 bits per heavy atom. The lowest BCUT2D eigenvalue weighted by molar-refractivity contribution is 1.03. The maximum Gasteiger partial charge on any atom is 0.189 e. The largest absolute Gasteiger partial charge is 0.393 e. The van der Waals surface area contributed by atoms with Crippen molar-refractivity contribution in [1.29, 1.82) is 5.26 Å². The van der Waals surface area contributed by atoms with Crippen LogP contribution >= 0.6 is 34.5 Å². The summed E-state index contributed by atoms with van der Waals surface area (Å²) < 4.78 is 1.08. The van der Waals surface area contributed by atoms with Crippen LogP contribution in [-0.4, -0.2) is 15.0 Å². The van der Waals surface area contributed by atoms with Crippen LogP contribution < -0.4 is 16.4 Å². The van der Waals surface area contributed by atoms with Crippen molar-refractivity contribution in [3.05, 3.63) is 93.2 Å². The van der Waals surface area contributed by atoms with E-state index in [4.69, 9.17) is 28.9 Å². The molecule has 1 unspecified atom stereocenters. The molecule has 4 N–H and O–H groups in total. The fourth-order valence-corrected chi connectivity index (χ4v) is 5.34. The molecule has 0 aliphatic carbocycles. The van der Waals surface area contributed by atoms with E-state index in [1.54, 1.807) is 18.2 Å². The van der Waals surface area contributed by atoms with E-state index in [2.05, 4.69) is 31.7 Å². The van der Waals surface area contributed by atoms with Gasteiger partial charge in [0.15, 0.2) is 16.8 Å². The molecule has 10 heteroatoms. The molecule has 0 aliphatic rings. The summed E-state index contributed by atoms with van der Waals surface area (Å²) in [4.78, 5) is 13.3. The van der Waals surface area contributed by atoms with Gasteiger partial charge in [0.25, 0.3) is 0 Å². The Bertz CT molecular complexity index is 1660. The van der Waals surface area contributed by atoms with Gasteiger partial charge in [0.05, 0.1) is 22.2 Å². The van der Waals surface area contributed by atoms with Crippen molar-refractivity contribution >= 4 is 72.9 Å². The number of nitrogen functional groups attached to an aromatic ring is 1. The molecule has 37 heavy (non-hydrogen) atoms. The van der Waals surface area contributed by atoms with Crippen LogP contribution in [0.25, 0.3) is 10.2 Å². The average Bonchev–Trinajstić information content (AvgIpc) is 3.30. The van der Waals surface area contributed by atoms with Gasteiger partial charge in [-0.2, -0.15) is 5.26 Å². The molecule has 7 nitrogen and oxygen atoms in total. The normalized spacial score (nSPS) is 11.8. The Hall–Kier alpha value is -3.90. The van der Waals surface area contributed by atoms with E-state index in [0.717, 1.165) is 26.9 Å². The number of aromatic nitrogens is 3. The van der Waals surface area contributed by atoms with Crippen LogP contribution in [0.5, 0.6) is 0 Å². The number of hydrogen-bond donors (Lipinski definition) is 3. The number of nitrogens with one attached hydrogen (secondary N) is 2. The molecular weight excluding hydrogens is 525 g/mol. The molecule has 0 fully saturated rings. The number of nitriles is 1. The summed E-state index contributed by atoms with van der Waals surface area (Å²) in [6, 6.07) is 19.3. The standard InChI is InChI=1S/C27H21Cl2N7S/c1-14-4-3-5-22-24(14)35-27(37-22)36-26-23(31)25(32-13-33-26)34-21-11-20(29)18(10-15(21)2)19(12-30)16-6-8-17(28)9-7-16/h3-11,13,19H,31H2,1-2H3,(H2,32,33,34,35,36). The highest BCUT2D eigenvalue weighted by atomic mass is 35.5. The SMILES string of the molecule is Cc1cc(C(C#N)c2ccc(Cl)cc2)c(Cl)cc1Nc1ncnc(Nc2nc3c(C)cccc3s2)c1N. The Kier molecular flexibility index (Phi) is 6.85. The third-order valence-corrected chi connectivity index (χ3v) is 7.49. The highest BCUT2D eigenvalue weighted by Gasteiger charge is 2.19. The molecule has 2 heterocycles. The van der Waals surface area contributed by atoms with Crippen molar-refractivity contribution in [3.8, 4) is 6.07 Å². The van der Waals surface area contributed by atoms with Gasteiger partial charge < -0.3 is 16.4 Å². The molecule has 0 radical (unpaired) electrons. The predicted molar refractivity (Wildman–Crippen MR) is 152 cm³/mol. The highest BCUT2D eigenvalue weighted by molar-refractivity contribution is 7.22. The molecule has 2 aromatic heterocycles. The number of halogens is 2. The summed E-state index contributed by atoms with van der Waals surface area (Å²) >= 11 is 14.2. The number of nitrogens with two attached hydrogens (primary N) is 1. The quantitative estimate of drug-likeness (QED) is 0.200. The minimum atomic E-state index is -0.533. The van der Waals surface area contributed by atoms with E-state index >= 15 is 0 Å². The van der Waals surface area contributed by atoms with Crippen molar-refractivity contribution in [2.45, 2.75) is 19.8 Å². The number of nitrogens with zero attached hydrogens (tertiary/aromatic N) is 4. The lowest BCUT2D eigenvalue weighted by Crippen LogP contribution is -2.06. The van der Waals surface area contributed by atoms with Gasteiger partial charge >= 0.3 is 0 Å². The van der Waals surface area contributed by atoms with Gasteiger partial charge in [0.2, 0.25) is 0 Å². The zero-order valence-corrected chi connectivity index (χ0v) is 22.2. The Labute approximate surface area is 227 Å². The van der Waals surface area contributed by atoms with Crippen molar-refractivity contribution in [1.82, 2.24) is 15.0 Å². The number of fused-ring (bicyclic) bond motifs is 1. The highest BCUT2D eigenvalue weighted by Crippen LogP contribution is 2.37. The number of benzene rings is 3. The van der Waals surface area contributed by atoms with Crippen LogP contribution in [0.2, 0.25) is 10.0 Å². The maximum absolute atomic E-state index is 9.87. The predicted octanol–water partition coefficient (Wildman–Crippen LogP) is 7.73. The third-order valence-electron chi connectivity index (χ3n) is 5.97. The molecule has 0 aliphatic heterocycles. The molecule has 3 aromatic carbocycles. The lowest BCUT2D eigenvalue weighted by atomic mass is 9.91. The molecule has 0 saturated carbocycles. The minimum Gasteiger partial charge on any atom is -0.393 e. The number of aryl methyl sites for hydroxylation is 2. The Balaban J connectivity index is 1.42. The molecule has 1 atom stereocenters. The van der Waals surface area contributed by atoms with Crippen LogP contribution in [0.4, 0.5) is 28.1 Å². The van der Waals surface area contributed by atoms with Crippen LogP contribution in [0, 0.1) is 25.2 Å². The molecule has 0 saturated heterocycles. The van der Waals surface area contributed by atoms with Crippen LogP contribution in [0.3, 0.4) is 0 Å². The molecule has 184 valence electrons. The number of para-hydroxylation sites is 1. The van der Waals surface area contributed by atoms with Crippen molar-refractivity contribution in [3.63, 3.8) is 0 Å². The van der Waals surface area contributed by atoms with Gasteiger partial charge in [0, 0.05) is 15.7 Å². The molecule has 0 bridgehead atoms. The van der Waals surface area contributed by atoms with E-state index in [-0.39, 0.29) is 0 Å². The van der Waals surface area contributed by atoms with Crippen molar-refractivity contribution < 1.29 is 0 Å². The summed E-state index contributed by atoms with van der Waals surface area (Å²) in [7, 11) is 0. The Morgan fingerprint density at radius 1 is 0.973 bits per heavy atom. The molecule has 5 rings (SSSR count). The van der Waals surface area contributed by atoms with Crippen molar-refractivity contribution in [2.24, 2.45) is 0 Å². The number of rotatable bonds is 6. The summed E-state index contributed by atoms with van der Waals surface area (Å²) in [5.74, 6) is 0.341. The molecular formula is C27H21Cl2N7S. The zero-order valence-electron chi connectivity index (χ0n) is 19.9. The lowest BCUT2D eigenvalue weighted by Gasteiger charge is -2.17. The number of thiazole rings is 1. The average molecular weight is 546 g/mol. The summed E-state index contributed by atoms with van der Waals surface area (Å²) in [5.41, 5.74) is 11.9. The number of anilines is 5. The van der Waals surface area contributed by atoms with Gasteiger partial charge in [-0.05, 0) is 60.4 Å². The van der Waals surface area contributed by atoms with Crippen LogP contribution in [-0.2, 0) is 0 Å². The van der Waals surface area contributed by atoms with E-state index < -0.39 is 5.92 Å². The molecule has 0 spiro atoms. The van der Waals surface area contributed by atoms with Crippen molar-refractivity contribution in [2.75, 3.05) is 16.4 Å². The van der Waals surface area contributed by atoms with E-state index in [1.165, 1.54) is 17.7 Å². The third kappa shape index (κ3) is 5.02. The fourth-order valence-electron chi connectivity index (χ4n) is 4.00. The molecule has 0 amide bonds. The van der Waals surface area contributed by atoms with E-state index in [0.29, 0.717) is 43.8 Å². The van der Waals surface area contributed by atoms with Crippen LogP contribution in [0.15, 0.2) is 60.9 Å². The minimum absolute atomic E-state index is 0.342. The maximum atomic E-state index is 9.87. The first kappa shape index (κ1) is 24.8.